The van der Waals surface area contributed by atoms with Crippen LogP contribution in [-0.4, -0.2) is 17.9 Å². The normalized spacial score (nSPS) is 26.3. The van der Waals surface area contributed by atoms with Crippen molar-refractivity contribution in [1.29, 1.82) is 0 Å². The summed E-state index contributed by atoms with van der Waals surface area (Å²) in [6.45, 7) is 0. The first-order valence-corrected chi connectivity index (χ1v) is 4.68. The van der Waals surface area contributed by atoms with Crippen molar-refractivity contribution in [2.45, 2.75) is 44.2 Å². The summed E-state index contributed by atoms with van der Waals surface area (Å²) in [7, 11) is 0. The fourth-order valence-corrected chi connectivity index (χ4v) is 1.83. The van der Waals surface area contributed by atoms with Crippen LogP contribution in [0.3, 0.4) is 0 Å². The van der Waals surface area contributed by atoms with E-state index in [1.807, 2.05) is 0 Å². The van der Waals surface area contributed by atoms with E-state index in [0.29, 0.717) is 0 Å². The van der Waals surface area contributed by atoms with Crippen molar-refractivity contribution in [2.75, 3.05) is 0 Å². The van der Waals surface area contributed by atoms with Crippen LogP contribution in [0.4, 0.5) is 22.0 Å². The van der Waals surface area contributed by atoms with Crippen LogP contribution >= 0.6 is 0 Å². The van der Waals surface area contributed by atoms with Gasteiger partial charge in [-0.05, 0) is 18.8 Å². The number of ketones is 1. The average Bonchev–Trinajstić information content (AvgIpc) is 2.00. The molecular weight excluding hydrogens is 219 g/mol. The monoisotopic (exact) mass is 230 g/mol. The van der Waals surface area contributed by atoms with E-state index >= 15 is 0 Å². The quantitative estimate of drug-likeness (QED) is 0.665. The number of carbonyl (C=O) groups is 1. The summed E-state index contributed by atoms with van der Waals surface area (Å²) in [6, 6.07) is 0. The summed E-state index contributed by atoms with van der Waals surface area (Å²) in [4.78, 5) is 10.6. The standard InChI is InChI=1S/C9H11F5O/c10-8(11)3-1-2-6(5-8)4-7(15)9(12,13)14/h6H,1-5H2. The molecule has 0 spiro atoms. The molecule has 15 heavy (non-hydrogen) atoms. The third-order valence-corrected chi connectivity index (χ3v) is 2.53. The fourth-order valence-electron chi connectivity index (χ4n) is 1.83. The van der Waals surface area contributed by atoms with Crippen molar-refractivity contribution in [2.24, 2.45) is 5.92 Å². The van der Waals surface area contributed by atoms with E-state index in [4.69, 9.17) is 0 Å². The van der Waals surface area contributed by atoms with Gasteiger partial charge >= 0.3 is 6.18 Å². The Bertz CT molecular complexity index is 245. The molecule has 1 unspecified atom stereocenters. The van der Waals surface area contributed by atoms with Crippen LogP contribution in [0.1, 0.15) is 32.1 Å². The molecule has 1 fully saturated rings. The maximum atomic E-state index is 12.8. The third-order valence-electron chi connectivity index (χ3n) is 2.53. The van der Waals surface area contributed by atoms with E-state index in [1.54, 1.807) is 0 Å². The van der Waals surface area contributed by atoms with E-state index in [9.17, 15) is 26.7 Å². The van der Waals surface area contributed by atoms with Crippen molar-refractivity contribution in [3.8, 4) is 0 Å². The van der Waals surface area contributed by atoms with Crippen LogP contribution in [0, 0.1) is 5.92 Å². The first-order chi connectivity index (χ1) is 6.71. The SMILES string of the molecule is O=C(CC1CCCC(F)(F)C1)C(F)(F)F. The highest BCUT2D eigenvalue weighted by Gasteiger charge is 2.42. The van der Waals surface area contributed by atoms with E-state index < -0.39 is 36.6 Å². The van der Waals surface area contributed by atoms with Crippen LogP contribution in [0.5, 0.6) is 0 Å². The molecule has 1 atom stereocenters. The number of halogens is 5. The highest BCUT2D eigenvalue weighted by molar-refractivity contribution is 5.84. The van der Waals surface area contributed by atoms with Gasteiger partial charge < -0.3 is 0 Å². The molecule has 1 rings (SSSR count). The molecule has 0 aliphatic heterocycles. The molecule has 0 aromatic heterocycles. The van der Waals surface area contributed by atoms with Gasteiger partial charge in [0.1, 0.15) is 0 Å². The van der Waals surface area contributed by atoms with Crippen molar-refractivity contribution >= 4 is 5.78 Å². The maximum Gasteiger partial charge on any atom is 0.449 e. The first-order valence-electron chi connectivity index (χ1n) is 4.68. The van der Waals surface area contributed by atoms with Gasteiger partial charge in [-0.3, -0.25) is 4.79 Å². The largest absolute Gasteiger partial charge is 0.449 e. The molecule has 88 valence electrons. The van der Waals surface area contributed by atoms with Crippen molar-refractivity contribution in [3.63, 3.8) is 0 Å². The second-order valence-electron chi connectivity index (χ2n) is 3.94. The summed E-state index contributed by atoms with van der Waals surface area (Å²) >= 11 is 0. The van der Waals surface area contributed by atoms with Crippen LogP contribution < -0.4 is 0 Å². The van der Waals surface area contributed by atoms with Gasteiger partial charge in [0.25, 0.3) is 0 Å². The molecule has 1 nitrogen and oxygen atoms in total. The molecule has 0 bridgehead atoms. The zero-order chi connectivity index (χ0) is 11.7. The maximum absolute atomic E-state index is 12.8. The lowest BCUT2D eigenvalue weighted by Gasteiger charge is -2.28. The average molecular weight is 230 g/mol. The predicted octanol–water partition coefficient (Wildman–Crippen LogP) is 3.33. The predicted molar refractivity (Wildman–Crippen MR) is 42.6 cm³/mol. The summed E-state index contributed by atoms with van der Waals surface area (Å²) in [5.41, 5.74) is 0. The topological polar surface area (TPSA) is 17.1 Å². The van der Waals surface area contributed by atoms with E-state index in [1.165, 1.54) is 0 Å². The number of alkyl halides is 5. The Balaban J connectivity index is 2.49. The molecule has 1 aliphatic rings. The van der Waals surface area contributed by atoms with E-state index in [2.05, 4.69) is 0 Å². The highest BCUT2D eigenvalue weighted by atomic mass is 19.4. The molecule has 0 N–H and O–H groups in total. The van der Waals surface area contributed by atoms with Gasteiger partial charge in [-0.25, -0.2) is 8.78 Å². The zero-order valence-electron chi connectivity index (χ0n) is 7.91. The molecule has 6 heteroatoms. The van der Waals surface area contributed by atoms with E-state index in [-0.39, 0.29) is 19.3 Å². The summed E-state index contributed by atoms with van der Waals surface area (Å²) in [5, 5.41) is 0. The summed E-state index contributed by atoms with van der Waals surface area (Å²) in [6.07, 6.45) is -6.13. The molecule has 0 amide bonds. The molecule has 0 aromatic carbocycles. The van der Waals surface area contributed by atoms with Crippen LogP contribution in [0.25, 0.3) is 0 Å². The molecule has 1 saturated carbocycles. The van der Waals surface area contributed by atoms with Crippen LogP contribution in [0.2, 0.25) is 0 Å². The first kappa shape index (κ1) is 12.4. The van der Waals surface area contributed by atoms with Crippen LogP contribution in [-0.2, 0) is 4.79 Å². The molecule has 0 aromatic rings. The minimum Gasteiger partial charge on any atom is -0.290 e. The Morgan fingerprint density at radius 2 is 1.93 bits per heavy atom. The lowest BCUT2D eigenvalue weighted by molar-refractivity contribution is -0.173. The molecule has 1 aliphatic carbocycles. The molecule has 0 radical (unpaired) electrons. The molecule has 0 saturated heterocycles. The zero-order valence-corrected chi connectivity index (χ0v) is 7.91. The Morgan fingerprint density at radius 3 is 2.40 bits per heavy atom. The van der Waals surface area contributed by atoms with Gasteiger partial charge in [-0.2, -0.15) is 13.2 Å². The number of carbonyl (C=O) groups excluding carboxylic acids is 1. The number of rotatable bonds is 2. The van der Waals surface area contributed by atoms with Crippen molar-refractivity contribution in [3.05, 3.63) is 0 Å². The summed E-state index contributed by atoms with van der Waals surface area (Å²) < 4.78 is 61.2. The highest BCUT2D eigenvalue weighted by Crippen LogP contribution is 2.39. The fraction of sp³-hybridized carbons (Fsp3) is 0.889. The Labute approximate surface area is 83.6 Å². The van der Waals surface area contributed by atoms with Gasteiger partial charge in [-0.1, -0.05) is 0 Å². The van der Waals surface area contributed by atoms with Gasteiger partial charge in [0, 0.05) is 19.3 Å². The second kappa shape index (κ2) is 4.06. The second-order valence-corrected chi connectivity index (χ2v) is 3.94. The van der Waals surface area contributed by atoms with E-state index in [0.717, 1.165) is 0 Å². The number of hydrogen-bond acceptors (Lipinski definition) is 1. The number of Topliss-reactive ketones (excluding diaryl/α,β-unsaturated/α-hetero) is 1. The van der Waals surface area contributed by atoms with Gasteiger partial charge in [-0.15, -0.1) is 0 Å². The Kier molecular flexibility index (Phi) is 3.35. The van der Waals surface area contributed by atoms with Crippen molar-refractivity contribution < 1.29 is 26.7 Å². The minimum atomic E-state index is -4.90. The van der Waals surface area contributed by atoms with Gasteiger partial charge in [0.2, 0.25) is 11.7 Å². The Hall–Kier alpha value is -0.680. The van der Waals surface area contributed by atoms with Crippen LogP contribution in [0.15, 0.2) is 0 Å². The molecule has 0 heterocycles. The van der Waals surface area contributed by atoms with Gasteiger partial charge in [0.15, 0.2) is 0 Å². The summed E-state index contributed by atoms with van der Waals surface area (Å²) in [5.74, 6) is -5.64. The lowest BCUT2D eigenvalue weighted by atomic mass is 9.83. The minimum absolute atomic E-state index is 0.183. The van der Waals surface area contributed by atoms with Gasteiger partial charge in [0.05, 0.1) is 0 Å². The molecular formula is C9H11F5O. The number of hydrogen-bond donors (Lipinski definition) is 0. The van der Waals surface area contributed by atoms with Crippen molar-refractivity contribution in [1.82, 2.24) is 0 Å². The Morgan fingerprint density at radius 1 is 1.33 bits per heavy atom. The lowest BCUT2D eigenvalue weighted by Crippen LogP contribution is -2.31. The third kappa shape index (κ3) is 3.76. The smallest absolute Gasteiger partial charge is 0.290 e.